The van der Waals surface area contributed by atoms with Gasteiger partial charge in [0, 0.05) is 13.1 Å². The van der Waals surface area contributed by atoms with E-state index in [9.17, 15) is 5.11 Å². The van der Waals surface area contributed by atoms with E-state index in [2.05, 4.69) is 22.3 Å². The molecule has 5 nitrogen and oxygen atoms in total. The van der Waals surface area contributed by atoms with Gasteiger partial charge >= 0.3 is 0 Å². The van der Waals surface area contributed by atoms with Crippen LogP contribution in [0.25, 0.3) is 0 Å². The summed E-state index contributed by atoms with van der Waals surface area (Å²) in [6, 6.07) is 6.18. The van der Waals surface area contributed by atoms with Crippen LogP contribution in [0.5, 0.6) is 11.5 Å². The van der Waals surface area contributed by atoms with E-state index in [4.69, 9.17) is 9.47 Å². The summed E-state index contributed by atoms with van der Waals surface area (Å²) in [6.45, 7) is 5.18. The molecule has 5 fully saturated rings. The molecule has 1 aliphatic heterocycles. The number of β-amino-alcohol motifs (C(OH)–C–C–N with tert-alkyl or cyclic N) is 1. The Bertz CT molecular complexity index is 705. The van der Waals surface area contributed by atoms with Gasteiger partial charge in [0.15, 0.2) is 11.5 Å². The summed E-state index contributed by atoms with van der Waals surface area (Å²) in [5.74, 6) is 6.37. The summed E-state index contributed by atoms with van der Waals surface area (Å²) >= 11 is 0. The maximum Gasteiger partial charge on any atom is 0.161 e. The summed E-state index contributed by atoms with van der Waals surface area (Å²) in [5.41, 5.74) is 1.22. The number of aliphatic hydroxyl groups is 1. The van der Waals surface area contributed by atoms with Crippen molar-refractivity contribution >= 4 is 0 Å². The first-order chi connectivity index (χ1) is 15.2. The minimum atomic E-state index is -0.471. The van der Waals surface area contributed by atoms with E-state index in [0.29, 0.717) is 13.2 Å². The largest absolute Gasteiger partial charge is 0.493 e. The lowest BCUT2D eigenvalue weighted by atomic mass is 9.52. The molecule has 1 unspecified atom stereocenters. The summed E-state index contributed by atoms with van der Waals surface area (Å²) in [5, 5.41) is 14.1. The van der Waals surface area contributed by atoms with Crippen molar-refractivity contribution in [1.82, 2.24) is 10.2 Å². The quantitative estimate of drug-likeness (QED) is 0.595. The monoisotopic (exact) mass is 428 g/mol. The van der Waals surface area contributed by atoms with Crippen molar-refractivity contribution in [3.05, 3.63) is 23.8 Å². The summed E-state index contributed by atoms with van der Waals surface area (Å²) in [4.78, 5) is 2.32. The SMILES string of the molecule is COc1ccc(CNCC2C3CC4CC(C3)CC2C4)cc1OCC(O)CN1CCCC1. The summed E-state index contributed by atoms with van der Waals surface area (Å²) in [7, 11) is 1.67. The fourth-order valence-electron chi connectivity index (χ4n) is 7.20. The molecular weight excluding hydrogens is 388 g/mol. The van der Waals surface area contributed by atoms with Crippen LogP contribution in [0.3, 0.4) is 0 Å². The van der Waals surface area contributed by atoms with E-state index in [1.807, 2.05) is 6.07 Å². The zero-order chi connectivity index (χ0) is 21.2. The fraction of sp³-hybridized carbons (Fsp3) is 0.769. The van der Waals surface area contributed by atoms with E-state index in [-0.39, 0.29) is 0 Å². The van der Waals surface area contributed by atoms with E-state index >= 15 is 0 Å². The van der Waals surface area contributed by atoms with Crippen LogP contribution in [0, 0.1) is 29.6 Å². The highest BCUT2D eigenvalue weighted by Crippen LogP contribution is 2.56. The van der Waals surface area contributed by atoms with Crippen LogP contribution < -0.4 is 14.8 Å². The highest BCUT2D eigenvalue weighted by molar-refractivity contribution is 5.43. The highest BCUT2D eigenvalue weighted by atomic mass is 16.5. The van der Waals surface area contributed by atoms with Crippen LogP contribution in [0.1, 0.15) is 50.5 Å². The molecule has 1 atom stereocenters. The van der Waals surface area contributed by atoms with Crippen molar-refractivity contribution < 1.29 is 14.6 Å². The summed E-state index contributed by atoms with van der Waals surface area (Å²) in [6.07, 6.45) is 9.47. The normalized spacial score (nSPS) is 33.0. The third-order valence-corrected chi connectivity index (χ3v) is 8.46. The third-order valence-electron chi connectivity index (χ3n) is 8.46. The number of nitrogens with zero attached hydrogens (tertiary/aromatic N) is 1. The number of rotatable bonds is 10. The number of ether oxygens (including phenoxy) is 2. The van der Waals surface area contributed by atoms with E-state index in [1.165, 1.54) is 50.5 Å². The van der Waals surface area contributed by atoms with Gasteiger partial charge < -0.3 is 24.8 Å². The molecule has 0 radical (unpaired) electrons. The number of hydrogen-bond donors (Lipinski definition) is 2. The Morgan fingerprint density at radius 2 is 1.74 bits per heavy atom. The fourth-order valence-corrected chi connectivity index (χ4v) is 7.20. The van der Waals surface area contributed by atoms with Crippen molar-refractivity contribution in [2.45, 2.75) is 57.6 Å². The lowest BCUT2D eigenvalue weighted by Gasteiger charge is -2.54. The Morgan fingerprint density at radius 3 is 2.42 bits per heavy atom. The summed E-state index contributed by atoms with van der Waals surface area (Å²) < 4.78 is 11.5. The van der Waals surface area contributed by atoms with Crippen molar-refractivity contribution in [3.8, 4) is 11.5 Å². The smallest absolute Gasteiger partial charge is 0.161 e. The molecule has 0 amide bonds. The number of nitrogens with one attached hydrogen (secondary N) is 1. The predicted molar refractivity (Wildman–Crippen MR) is 122 cm³/mol. The maximum absolute atomic E-state index is 10.4. The number of hydrogen-bond acceptors (Lipinski definition) is 5. The van der Waals surface area contributed by atoms with Gasteiger partial charge in [0.05, 0.1) is 7.11 Å². The molecule has 4 bridgehead atoms. The van der Waals surface area contributed by atoms with Crippen LogP contribution in [-0.2, 0) is 6.54 Å². The third kappa shape index (κ3) is 5.04. The number of likely N-dealkylation sites (tertiary alicyclic amines) is 1. The van der Waals surface area contributed by atoms with Gasteiger partial charge in [0.2, 0.25) is 0 Å². The molecule has 5 heteroatoms. The van der Waals surface area contributed by atoms with Gasteiger partial charge in [-0.25, -0.2) is 0 Å². The van der Waals surface area contributed by atoms with Gasteiger partial charge in [-0.15, -0.1) is 0 Å². The van der Waals surface area contributed by atoms with E-state index in [0.717, 1.165) is 67.3 Å². The average molecular weight is 429 g/mol. The van der Waals surface area contributed by atoms with Crippen molar-refractivity contribution in [2.75, 3.05) is 39.9 Å². The van der Waals surface area contributed by atoms with Gasteiger partial charge in [-0.1, -0.05) is 6.07 Å². The highest BCUT2D eigenvalue weighted by Gasteiger charge is 2.47. The van der Waals surface area contributed by atoms with Crippen molar-refractivity contribution in [3.63, 3.8) is 0 Å². The Kier molecular flexibility index (Phi) is 6.73. The minimum Gasteiger partial charge on any atom is -0.493 e. The van der Waals surface area contributed by atoms with Crippen LogP contribution in [0.2, 0.25) is 0 Å². The van der Waals surface area contributed by atoms with Crippen LogP contribution in [-0.4, -0.2) is 56.0 Å². The second kappa shape index (κ2) is 9.68. The second-order valence-corrected chi connectivity index (χ2v) is 10.7. The van der Waals surface area contributed by atoms with Gasteiger partial charge in [-0.2, -0.15) is 0 Å². The molecule has 1 saturated heterocycles. The van der Waals surface area contributed by atoms with Gasteiger partial charge in [-0.3, -0.25) is 0 Å². The van der Waals surface area contributed by atoms with Crippen molar-refractivity contribution in [2.24, 2.45) is 29.6 Å². The first-order valence-corrected chi connectivity index (χ1v) is 12.6. The minimum absolute atomic E-state index is 0.303. The number of aliphatic hydroxyl groups excluding tert-OH is 1. The standard InChI is InChI=1S/C26H40N2O3/c1-30-25-5-4-18(13-26(25)31-17-23(29)16-28-6-2-3-7-28)14-27-15-24-21-9-19-8-20(11-21)12-22(24)10-19/h4-5,13,19-24,27,29H,2-3,6-12,14-17H2,1H3. The first kappa shape index (κ1) is 21.5. The molecule has 1 heterocycles. The van der Waals surface area contributed by atoms with E-state index in [1.54, 1.807) is 7.11 Å². The lowest BCUT2D eigenvalue weighted by molar-refractivity contribution is -0.0355. The van der Waals surface area contributed by atoms with Crippen LogP contribution >= 0.6 is 0 Å². The first-order valence-electron chi connectivity index (χ1n) is 12.6. The number of methoxy groups -OCH3 is 1. The van der Waals surface area contributed by atoms with Gasteiger partial charge in [0.1, 0.15) is 12.7 Å². The topological polar surface area (TPSA) is 54.0 Å². The molecule has 31 heavy (non-hydrogen) atoms. The average Bonchev–Trinajstić information content (AvgIpc) is 3.27. The molecule has 2 N–H and O–H groups in total. The zero-order valence-electron chi connectivity index (χ0n) is 19.1. The second-order valence-electron chi connectivity index (χ2n) is 10.7. The number of benzene rings is 1. The van der Waals surface area contributed by atoms with Gasteiger partial charge in [-0.05, 0) is 112 Å². The molecule has 4 saturated carbocycles. The predicted octanol–water partition coefficient (Wildman–Crippen LogP) is 3.69. The Morgan fingerprint density at radius 1 is 1.03 bits per heavy atom. The molecular formula is C26H40N2O3. The van der Waals surface area contributed by atoms with Crippen LogP contribution in [0.4, 0.5) is 0 Å². The van der Waals surface area contributed by atoms with Gasteiger partial charge in [0.25, 0.3) is 0 Å². The molecule has 1 aromatic rings. The molecule has 5 aliphatic rings. The Balaban J connectivity index is 1.12. The molecule has 4 aliphatic carbocycles. The molecule has 0 spiro atoms. The van der Waals surface area contributed by atoms with Crippen LogP contribution in [0.15, 0.2) is 18.2 Å². The van der Waals surface area contributed by atoms with E-state index < -0.39 is 6.10 Å². The molecule has 172 valence electrons. The molecule has 0 aromatic heterocycles. The molecule has 1 aromatic carbocycles. The Labute approximate surface area is 187 Å². The lowest BCUT2D eigenvalue weighted by Crippen LogP contribution is -2.48. The zero-order valence-corrected chi connectivity index (χ0v) is 19.1. The maximum atomic E-state index is 10.4. The van der Waals surface area contributed by atoms with Crippen molar-refractivity contribution in [1.29, 1.82) is 0 Å². The Hall–Kier alpha value is -1.30. The molecule has 6 rings (SSSR count).